The van der Waals surface area contributed by atoms with E-state index in [1.54, 1.807) is 0 Å². The first kappa shape index (κ1) is 11.3. The molecule has 0 saturated carbocycles. The number of fused-ring (bicyclic) bond motifs is 1. The van der Waals surface area contributed by atoms with Gasteiger partial charge in [-0.25, -0.2) is 9.97 Å². The highest BCUT2D eigenvalue weighted by molar-refractivity contribution is 6.30. The molecule has 86 valence electrons. The first-order valence-electron chi connectivity index (χ1n) is 5.37. The lowest BCUT2D eigenvalue weighted by atomic mass is 9.87. The highest BCUT2D eigenvalue weighted by atomic mass is 35.5. The molecule has 0 saturated heterocycles. The van der Waals surface area contributed by atoms with Gasteiger partial charge in [0, 0.05) is 11.3 Å². The lowest BCUT2D eigenvalue weighted by molar-refractivity contribution is -0.148. The van der Waals surface area contributed by atoms with Crippen LogP contribution in [0, 0.1) is 5.92 Å². The molecule has 16 heavy (non-hydrogen) atoms. The minimum absolute atomic E-state index is 0.101. The molecule has 1 aliphatic carbocycles. The van der Waals surface area contributed by atoms with Crippen LogP contribution in [0.5, 0.6) is 0 Å². The summed E-state index contributed by atoms with van der Waals surface area (Å²) in [6.07, 6.45) is 3.60. The molecule has 5 heteroatoms. The van der Waals surface area contributed by atoms with Crippen LogP contribution in [-0.4, -0.2) is 22.5 Å². The van der Waals surface area contributed by atoms with Crippen molar-refractivity contribution in [2.45, 2.75) is 26.2 Å². The highest BCUT2D eigenvalue weighted by Crippen LogP contribution is 2.28. The maximum absolute atomic E-state index is 11.6. The second-order valence-corrected chi connectivity index (χ2v) is 4.14. The van der Waals surface area contributed by atoms with Gasteiger partial charge in [-0.3, -0.25) is 4.79 Å². The summed E-state index contributed by atoms with van der Waals surface area (Å²) in [5.41, 5.74) is 1.86. The quantitative estimate of drug-likeness (QED) is 0.584. The third kappa shape index (κ3) is 2.16. The summed E-state index contributed by atoms with van der Waals surface area (Å²) in [7, 11) is 0. The molecule has 0 fully saturated rings. The predicted molar refractivity (Wildman–Crippen MR) is 59.2 cm³/mol. The van der Waals surface area contributed by atoms with Crippen LogP contribution in [0.25, 0.3) is 0 Å². The Morgan fingerprint density at radius 3 is 3.19 bits per heavy atom. The van der Waals surface area contributed by atoms with E-state index in [9.17, 15) is 4.79 Å². The minimum atomic E-state index is -0.145. The van der Waals surface area contributed by atoms with E-state index in [1.165, 1.54) is 6.33 Å². The highest BCUT2D eigenvalue weighted by Gasteiger charge is 2.28. The molecular weight excluding hydrogens is 228 g/mol. The van der Waals surface area contributed by atoms with Gasteiger partial charge in [0.25, 0.3) is 0 Å². The van der Waals surface area contributed by atoms with E-state index < -0.39 is 0 Å². The van der Waals surface area contributed by atoms with Crippen molar-refractivity contribution in [2.24, 2.45) is 5.92 Å². The van der Waals surface area contributed by atoms with E-state index in [0.29, 0.717) is 18.2 Å². The van der Waals surface area contributed by atoms with Crippen molar-refractivity contribution in [2.75, 3.05) is 6.61 Å². The number of carbonyl (C=O) groups excluding carboxylic acids is 1. The van der Waals surface area contributed by atoms with Crippen molar-refractivity contribution in [1.29, 1.82) is 0 Å². The molecule has 4 nitrogen and oxygen atoms in total. The first-order chi connectivity index (χ1) is 7.72. The van der Waals surface area contributed by atoms with Gasteiger partial charge in [-0.15, -0.1) is 0 Å². The van der Waals surface area contributed by atoms with E-state index in [4.69, 9.17) is 16.3 Å². The number of hydrogen-bond donors (Lipinski definition) is 0. The molecule has 0 radical (unpaired) electrons. The van der Waals surface area contributed by atoms with Gasteiger partial charge in [0.05, 0.1) is 12.5 Å². The Kier molecular flexibility index (Phi) is 3.39. The van der Waals surface area contributed by atoms with Crippen LogP contribution < -0.4 is 0 Å². The van der Waals surface area contributed by atoms with Crippen LogP contribution in [0.15, 0.2) is 6.33 Å². The molecule has 1 aromatic heterocycles. The van der Waals surface area contributed by atoms with Crippen LogP contribution in [0.1, 0.15) is 24.6 Å². The van der Waals surface area contributed by atoms with Crippen molar-refractivity contribution < 1.29 is 9.53 Å². The number of aromatic nitrogens is 2. The number of esters is 1. The van der Waals surface area contributed by atoms with Crippen molar-refractivity contribution in [3.63, 3.8) is 0 Å². The number of halogens is 1. The van der Waals surface area contributed by atoms with Gasteiger partial charge in [-0.1, -0.05) is 11.6 Å². The summed E-state index contributed by atoms with van der Waals surface area (Å²) in [4.78, 5) is 19.7. The molecule has 1 heterocycles. The average molecular weight is 241 g/mol. The first-order valence-corrected chi connectivity index (χ1v) is 5.75. The van der Waals surface area contributed by atoms with Crippen molar-refractivity contribution in [3.05, 3.63) is 22.7 Å². The number of rotatable bonds is 2. The van der Waals surface area contributed by atoms with Gasteiger partial charge >= 0.3 is 5.97 Å². The van der Waals surface area contributed by atoms with E-state index >= 15 is 0 Å². The van der Waals surface area contributed by atoms with Gasteiger partial charge in [0.1, 0.15) is 11.5 Å². The lowest BCUT2D eigenvalue weighted by Crippen LogP contribution is -2.25. The van der Waals surface area contributed by atoms with Crippen LogP contribution >= 0.6 is 11.6 Å². The summed E-state index contributed by atoms with van der Waals surface area (Å²) in [5, 5.41) is 0.457. The van der Waals surface area contributed by atoms with Crippen molar-refractivity contribution in [3.8, 4) is 0 Å². The monoisotopic (exact) mass is 240 g/mol. The third-order valence-corrected chi connectivity index (χ3v) is 3.11. The molecule has 1 aliphatic rings. The van der Waals surface area contributed by atoms with Crippen molar-refractivity contribution in [1.82, 2.24) is 9.97 Å². The zero-order valence-corrected chi connectivity index (χ0v) is 9.83. The molecular formula is C11H13ClN2O2. The van der Waals surface area contributed by atoms with Crippen LogP contribution in [0.2, 0.25) is 5.15 Å². The molecule has 0 amide bonds. The number of hydrogen-bond acceptors (Lipinski definition) is 4. The van der Waals surface area contributed by atoms with Gasteiger partial charge in [-0.2, -0.15) is 0 Å². The van der Waals surface area contributed by atoms with E-state index in [2.05, 4.69) is 9.97 Å². The molecule has 1 atom stereocenters. The summed E-state index contributed by atoms with van der Waals surface area (Å²) < 4.78 is 5.01. The largest absolute Gasteiger partial charge is 0.466 e. The fraction of sp³-hybridized carbons (Fsp3) is 0.545. The lowest BCUT2D eigenvalue weighted by Gasteiger charge is -2.22. The second-order valence-electron chi connectivity index (χ2n) is 3.78. The van der Waals surface area contributed by atoms with E-state index in [0.717, 1.165) is 24.1 Å². The fourth-order valence-electron chi connectivity index (χ4n) is 1.96. The molecule has 0 unspecified atom stereocenters. The summed E-state index contributed by atoms with van der Waals surface area (Å²) in [6, 6.07) is 0. The molecule has 0 aliphatic heterocycles. The van der Waals surface area contributed by atoms with E-state index in [-0.39, 0.29) is 11.9 Å². The SMILES string of the molecule is CCOC(=O)[C@@H]1CCc2ncnc(Cl)c2C1. The smallest absolute Gasteiger partial charge is 0.309 e. The minimum Gasteiger partial charge on any atom is -0.466 e. The van der Waals surface area contributed by atoms with Gasteiger partial charge < -0.3 is 4.74 Å². The number of ether oxygens (including phenoxy) is 1. The Morgan fingerprint density at radius 2 is 2.44 bits per heavy atom. The number of carbonyl (C=O) groups is 1. The van der Waals surface area contributed by atoms with Gasteiger partial charge in [-0.05, 0) is 26.2 Å². The van der Waals surface area contributed by atoms with E-state index in [1.807, 2.05) is 6.92 Å². The summed E-state index contributed by atoms with van der Waals surface area (Å²) in [6.45, 7) is 2.23. The fourth-order valence-corrected chi connectivity index (χ4v) is 2.19. The number of nitrogens with zero attached hydrogens (tertiary/aromatic N) is 2. The maximum Gasteiger partial charge on any atom is 0.309 e. The van der Waals surface area contributed by atoms with Gasteiger partial charge in [0.15, 0.2) is 0 Å². The molecule has 0 spiro atoms. The Morgan fingerprint density at radius 1 is 1.62 bits per heavy atom. The molecule has 2 rings (SSSR count). The van der Waals surface area contributed by atoms with Crippen LogP contribution in [0.3, 0.4) is 0 Å². The van der Waals surface area contributed by atoms with Gasteiger partial charge in [0.2, 0.25) is 0 Å². The summed E-state index contributed by atoms with van der Waals surface area (Å²) in [5.74, 6) is -0.246. The second kappa shape index (κ2) is 4.78. The zero-order chi connectivity index (χ0) is 11.5. The molecule has 0 aromatic carbocycles. The van der Waals surface area contributed by atoms with Crippen LogP contribution in [-0.2, 0) is 22.4 Å². The molecule has 1 aromatic rings. The summed E-state index contributed by atoms with van der Waals surface area (Å²) >= 11 is 5.99. The zero-order valence-electron chi connectivity index (χ0n) is 9.07. The normalized spacial score (nSPS) is 19.0. The maximum atomic E-state index is 11.6. The Balaban J connectivity index is 2.17. The Hall–Kier alpha value is -1.16. The topological polar surface area (TPSA) is 52.1 Å². The molecule has 0 bridgehead atoms. The standard InChI is InChI=1S/C11H13ClN2O2/c1-2-16-11(15)7-3-4-9-8(5-7)10(12)14-6-13-9/h6-7H,2-5H2,1H3/t7-/m1/s1. The van der Waals surface area contributed by atoms with Crippen molar-refractivity contribution >= 4 is 17.6 Å². The Bertz CT molecular complexity index is 409. The predicted octanol–water partition coefficient (Wildman–Crippen LogP) is 1.80. The average Bonchev–Trinajstić information content (AvgIpc) is 2.29. The Labute approximate surface area is 99.0 Å². The molecule has 0 N–H and O–H groups in total. The van der Waals surface area contributed by atoms with Crippen LogP contribution in [0.4, 0.5) is 0 Å². The number of aryl methyl sites for hydroxylation is 1. The third-order valence-electron chi connectivity index (χ3n) is 2.78.